The topological polar surface area (TPSA) is 20.2 Å². The third kappa shape index (κ3) is 2.20. The molecular formula is C13H21F3O. The first-order valence-electron chi connectivity index (χ1n) is 6.52. The van der Waals surface area contributed by atoms with E-state index in [2.05, 4.69) is 6.92 Å². The highest BCUT2D eigenvalue weighted by Gasteiger charge is 2.56. The molecule has 0 saturated heterocycles. The molecule has 2 rings (SSSR count). The standard InChI is InChI=1S/C13H21F3O/c1-8-3-4-9-7-10(5-6-11(8)9)12(2,17)13(14,15)16/h8-11,17H,3-7H2,1-2H3/t8-,9?,10?,11?,12?/m0/s1. The molecule has 0 spiro atoms. The lowest BCUT2D eigenvalue weighted by atomic mass is 9.68. The number of hydrogen-bond donors (Lipinski definition) is 1. The first kappa shape index (κ1) is 13.2. The second-order valence-corrected chi connectivity index (χ2v) is 6.13. The molecule has 2 aliphatic carbocycles. The fourth-order valence-electron chi connectivity index (χ4n) is 3.80. The van der Waals surface area contributed by atoms with Crippen LogP contribution in [0, 0.1) is 23.7 Å². The van der Waals surface area contributed by atoms with Gasteiger partial charge in [-0.2, -0.15) is 13.2 Å². The maximum atomic E-state index is 12.8. The fourth-order valence-corrected chi connectivity index (χ4v) is 3.80. The number of rotatable bonds is 1. The van der Waals surface area contributed by atoms with Gasteiger partial charge in [-0.3, -0.25) is 0 Å². The minimum atomic E-state index is -4.51. The molecule has 0 aromatic rings. The Morgan fingerprint density at radius 1 is 1.06 bits per heavy atom. The van der Waals surface area contributed by atoms with Gasteiger partial charge in [0.25, 0.3) is 0 Å². The summed E-state index contributed by atoms with van der Waals surface area (Å²) in [6, 6.07) is 0. The molecule has 1 nitrogen and oxygen atoms in total. The number of fused-ring (bicyclic) bond motifs is 1. The maximum absolute atomic E-state index is 12.8. The monoisotopic (exact) mass is 250 g/mol. The van der Waals surface area contributed by atoms with Gasteiger partial charge in [0.1, 0.15) is 0 Å². The van der Waals surface area contributed by atoms with Gasteiger partial charge in [0.15, 0.2) is 5.60 Å². The van der Waals surface area contributed by atoms with Crippen LogP contribution in [-0.2, 0) is 0 Å². The van der Waals surface area contributed by atoms with Crippen LogP contribution in [0.4, 0.5) is 13.2 Å². The molecule has 0 radical (unpaired) electrons. The van der Waals surface area contributed by atoms with Gasteiger partial charge in [0.05, 0.1) is 0 Å². The summed E-state index contributed by atoms with van der Waals surface area (Å²) in [5.74, 6) is 1.03. The summed E-state index contributed by atoms with van der Waals surface area (Å²) in [5.41, 5.74) is -2.51. The quantitative estimate of drug-likeness (QED) is 0.751. The highest BCUT2D eigenvalue weighted by Crippen LogP contribution is 2.52. The lowest BCUT2D eigenvalue weighted by Gasteiger charge is -2.41. The van der Waals surface area contributed by atoms with Crippen molar-refractivity contribution in [1.82, 2.24) is 0 Å². The summed E-state index contributed by atoms with van der Waals surface area (Å²) in [6.45, 7) is 3.14. The molecule has 2 fully saturated rings. The number of hydrogen-bond acceptors (Lipinski definition) is 1. The Kier molecular flexibility index (Phi) is 3.22. The summed E-state index contributed by atoms with van der Waals surface area (Å²) in [6.07, 6.45) is -0.427. The van der Waals surface area contributed by atoms with Gasteiger partial charge >= 0.3 is 6.18 Å². The molecule has 4 heteroatoms. The normalized spacial score (nSPS) is 42.0. The number of alkyl halides is 3. The van der Waals surface area contributed by atoms with Crippen LogP contribution < -0.4 is 0 Å². The Labute approximate surface area is 100 Å². The first-order chi connectivity index (χ1) is 7.73. The van der Waals surface area contributed by atoms with Crippen molar-refractivity contribution in [3.8, 4) is 0 Å². The van der Waals surface area contributed by atoms with E-state index < -0.39 is 17.7 Å². The molecule has 0 bridgehead atoms. The molecule has 0 heterocycles. The van der Waals surface area contributed by atoms with Crippen molar-refractivity contribution in [3.63, 3.8) is 0 Å². The highest BCUT2D eigenvalue weighted by molar-refractivity contribution is 4.96. The average Bonchev–Trinajstić information content (AvgIpc) is 2.58. The number of halogens is 3. The summed E-state index contributed by atoms with van der Waals surface area (Å²) in [5, 5.41) is 9.74. The van der Waals surface area contributed by atoms with Crippen LogP contribution in [0.1, 0.15) is 46.0 Å². The Balaban J connectivity index is 2.07. The second kappa shape index (κ2) is 4.15. The molecule has 1 N–H and O–H groups in total. The summed E-state index contributed by atoms with van der Waals surface area (Å²) in [7, 11) is 0. The van der Waals surface area contributed by atoms with Gasteiger partial charge < -0.3 is 5.11 Å². The van der Waals surface area contributed by atoms with Crippen molar-refractivity contribution in [1.29, 1.82) is 0 Å². The molecule has 0 aromatic heterocycles. The van der Waals surface area contributed by atoms with E-state index in [9.17, 15) is 18.3 Å². The zero-order valence-corrected chi connectivity index (χ0v) is 10.4. The fraction of sp³-hybridized carbons (Fsp3) is 1.00. The zero-order valence-electron chi connectivity index (χ0n) is 10.4. The molecule has 0 amide bonds. The largest absolute Gasteiger partial charge is 0.417 e. The maximum Gasteiger partial charge on any atom is 0.417 e. The van der Waals surface area contributed by atoms with Crippen LogP contribution in [0.2, 0.25) is 0 Å². The van der Waals surface area contributed by atoms with Crippen molar-refractivity contribution < 1.29 is 18.3 Å². The number of aliphatic hydroxyl groups is 1. The van der Waals surface area contributed by atoms with Gasteiger partial charge in [0, 0.05) is 0 Å². The van der Waals surface area contributed by atoms with Crippen LogP contribution in [0.5, 0.6) is 0 Å². The van der Waals surface area contributed by atoms with E-state index in [-0.39, 0.29) is 0 Å². The van der Waals surface area contributed by atoms with E-state index in [1.54, 1.807) is 0 Å². The van der Waals surface area contributed by atoms with Crippen LogP contribution in [-0.4, -0.2) is 16.9 Å². The van der Waals surface area contributed by atoms with Gasteiger partial charge in [-0.05, 0) is 56.3 Å². The lowest BCUT2D eigenvalue weighted by Crippen LogP contribution is -2.50. The van der Waals surface area contributed by atoms with E-state index >= 15 is 0 Å². The molecule has 17 heavy (non-hydrogen) atoms. The highest BCUT2D eigenvalue weighted by atomic mass is 19.4. The van der Waals surface area contributed by atoms with Crippen LogP contribution >= 0.6 is 0 Å². The van der Waals surface area contributed by atoms with Gasteiger partial charge in [-0.1, -0.05) is 13.3 Å². The minimum Gasteiger partial charge on any atom is -0.380 e. The minimum absolute atomic E-state index is 0.401. The van der Waals surface area contributed by atoms with Crippen molar-refractivity contribution in [2.45, 2.75) is 57.7 Å². The smallest absolute Gasteiger partial charge is 0.380 e. The molecule has 2 aliphatic rings. The Bertz CT molecular complexity index is 285. The van der Waals surface area contributed by atoms with E-state index in [4.69, 9.17) is 0 Å². The summed E-state index contributed by atoms with van der Waals surface area (Å²) < 4.78 is 38.4. The zero-order chi connectivity index (χ0) is 12.8. The molecule has 2 saturated carbocycles. The SMILES string of the molecule is C[C@H]1CCC2CC(C(C)(O)C(F)(F)F)CCC21. The molecule has 0 aliphatic heterocycles. The van der Waals surface area contributed by atoms with Gasteiger partial charge in [-0.15, -0.1) is 0 Å². The van der Waals surface area contributed by atoms with Gasteiger partial charge in [-0.25, -0.2) is 0 Å². The van der Waals surface area contributed by atoms with Crippen molar-refractivity contribution in [2.75, 3.05) is 0 Å². The van der Waals surface area contributed by atoms with E-state index in [0.29, 0.717) is 30.6 Å². The Morgan fingerprint density at radius 2 is 1.71 bits per heavy atom. The Hall–Kier alpha value is -0.250. The molecule has 5 atom stereocenters. The predicted octanol–water partition coefficient (Wildman–Crippen LogP) is 3.76. The third-order valence-electron chi connectivity index (χ3n) is 5.13. The molecule has 0 aromatic carbocycles. The van der Waals surface area contributed by atoms with E-state index in [1.807, 2.05) is 0 Å². The third-order valence-corrected chi connectivity index (χ3v) is 5.13. The predicted molar refractivity (Wildman–Crippen MR) is 59.4 cm³/mol. The molecule has 100 valence electrons. The molecular weight excluding hydrogens is 229 g/mol. The van der Waals surface area contributed by atoms with Gasteiger partial charge in [0.2, 0.25) is 0 Å². The van der Waals surface area contributed by atoms with Crippen LogP contribution in [0.25, 0.3) is 0 Å². The van der Waals surface area contributed by atoms with E-state index in [0.717, 1.165) is 26.2 Å². The van der Waals surface area contributed by atoms with Crippen LogP contribution in [0.3, 0.4) is 0 Å². The second-order valence-electron chi connectivity index (χ2n) is 6.13. The van der Waals surface area contributed by atoms with E-state index in [1.165, 1.54) is 0 Å². The van der Waals surface area contributed by atoms with Crippen molar-refractivity contribution in [3.05, 3.63) is 0 Å². The average molecular weight is 250 g/mol. The Morgan fingerprint density at radius 3 is 2.29 bits per heavy atom. The van der Waals surface area contributed by atoms with Crippen LogP contribution in [0.15, 0.2) is 0 Å². The first-order valence-corrected chi connectivity index (χ1v) is 6.52. The van der Waals surface area contributed by atoms with Crippen molar-refractivity contribution >= 4 is 0 Å². The summed E-state index contributed by atoms with van der Waals surface area (Å²) in [4.78, 5) is 0. The molecule has 4 unspecified atom stereocenters. The van der Waals surface area contributed by atoms with Crippen molar-refractivity contribution in [2.24, 2.45) is 23.7 Å². The summed E-state index contributed by atoms with van der Waals surface area (Å²) >= 11 is 0. The lowest BCUT2D eigenvalue weighted by molar-refractivity contribution is -0.277.